The molecular formula is C13H19N3O2. The van der Waals surface area contributed by atoms with Crippen LogP contribution in [-0.2, 0) is 4.79 Å². The summed E-state index contributed by atoms with van der Waals surface area (Å²) in [6.45, 7) is 5.61. The van der Waals surface area contributed by atoms with Crippen molar-refractivity contribution in [3.8, 4) is 0 Å². The zero-order chi connectivity index (χ0) is 13.9. The zero-order valence-electron chi connectivity index (χ0n) is 11.1. The van der Waals surface area contributed by atoms with E-state index >= 15 is 0 Å². The minimum absolute atomic E-state index is 0.0269. The maximum absolute atomic E-state index is 12.1. The summed E-state index contributed by atoms with van der Waals surface area (Å²) < 4.78 is 0. The van der Waals surface area contributed by atoms with Crippen LogP contribution in [-0.4, -0.2) is 24.0 Å². The number of anilines is 1. The fourth-order valence-electron chi connectivity index (χ4n) is 1.53. The van der Waals surface area contributed by atoms with Crippen LogP contribution in [0.5, 0.6) is 0 Å². The Bertz CT molecular complexity index is 458. The average Bonchev–Trinajstić information content (AvgIpc) is 2.35. The molecule has 0 aromatic heterocycles. The lowest BCUT2D eigenvalue weighted by molar-refractivity contribution is -0.125. The van der Waals surface area contributed by atoms with Crippen molar-refractivity contribution in [3.05, 3.63) is 29.8 Å². The van der Waals surface area contributed by atoms with E-state index in [-0.39, 0.29) is 11.7 Å². The van der Waals surface area contributed by atoms with E-state index in [0.29, 0.717) is 5.56 Å². The number of carbonyl (C=O) groups excluding carboxylic acids is 1. The highest BCUT2D eigenvalue weighted by molar-refractivity contribution is 5.99. The van der Waals surface area contributed by atoms with Crippen molar-refractivity contribution in [1.82, 2.24) is 0 Å². The summed E-state index contributed by atoms with van der Waals surface area (Å²) in [7, 11) is 1.73. The van der Waals surface area contributed by atoms with E-state index in [2.05, 4.69) is 5.16 Å². The van der Waals surface area contributed by atoms with Gasteiger partial charge in [-0.15, -0.1) is 0 Å². The summed E-state index contributed by atoms with van der Waals surface area (Å²) in [5, 5.41) is 11.5. The van der Waals surface area contributed by atoms with Gasteiger partial charge in [0.2, 0.25) is 5.91 Å². The van der Waals surface area contributed by atoms with Crippen molar-refractivity contribution in [2.75, 3.05) is 11.9 Å². The van der Waals surface area contributed by atoms with Gasteiger partial charge in [0, 0.05) is 23.7 Å². The highest BCUT2D eigenvalue weighted by atomic mass is 16.4. The third kappa shape index (κ3) is 3.00. The molecule has 0 atom stereocenters. The van der Waals surface area contributed by atoms with Gasteiger partial charge in [-0.2, -0.15) is 0 Å². The van der Waals surface area contributed by atoms with E-state index in [9.17, 15) is 4.79 Å². The van der Waals surface area contributed by atoms with Crippen LogP contribution in [0.4, 0.5) is 5.69 Å². The number of hydrogen-bond donors (Lipinski definition) is 2. The topological polar surface area (TPSA) is 78.9 Å². The Morgan fingerprint density at radius 1 is 1.28 bits per heavy atom. The number of rotatable bonds is 2. The molecule has 1 aromatic rings. The monoisotopic (exact) mass is 249 g/mol. The molecule has 0 aliphatic heterocycles. The van der Waals surface area contributed by atoms with Crippen molar-refractivity contribution in [3.63, 3.8) is 0 Å². The quantitative estimate of drug-likeness (QED) is 0.363. The summed E-state index contributed by atoms with van der Waals surface area (Å²) >= 11 is 0. The van der Waals surface area contributed by atoms with Gasteiger partial charge in [-0.1, -0.05) is 25.9 Å². The lowest BCUT2D eigenvalue weighted by Crippen LogP contribution is -2.36. The van der Waals surface area contributed by atoms with Crippen molar-refractivity contribution >= 4 is 17.4 Å². The van der Waals surface area contributed by atoms with Gasteiger partial charge in [0.25, 0.3) is 0 Å². The minimum Gasteiger partial charge on any atom is -0.409 e. The molecule has 0 unspecified atom stereocenters. The largest absolute Gasteiger partial charge is 0.409 e. The van der Waals surface area contributed by atoms with E-state index in [1.165, 1.54) is 0 Å². The molecule has 0 aliphatic carbocycles. The molecule has 5 heteroatoms. The number of carbonyl (C=O) groups is 1. The number of nitrogens with zero attached hydrogens (tertiary/aromatic N) is 2. The highest BCUT2D eigenvalue weighted by Gasteiger charge is 2.25. The van der Waals surface area contributed by atoms with Crippen molar-refractivity contribution in [2.24, 2.45) is 16.3 Å². The van der Waals surface area contributed by atoms with E-state index in [1.807, 2.05) is 20.8 Å². The van der Waals surface area contributed by atoms with E-state index in [1.54, 1.807) is 36.2 Å². The average molecular weight is 249 g/mol. The molecule has 0 heterocycles. The molecule has 0 radical (unpaired) electrons. The molecule has 0 saturated heterocycles. The Balaban J connectivity index is 2.96. The zero-order valence-corrected chi connectivity index (χ0v) is 11.1. The molecule has 3 N–H and O–H groups in total. The molecule has 0 spiro atoms. The normalized spacial score (nSPS) is 12.3. The van der Waals surface area contributed by atoms with Crippen LogP contribution >= 0.6 is 0 Å². The van der Waals surface area contributed by atoms with Crippen molar-refractivity contribution in [2.45, 2.75) is 20.8 Å². The van der Waals surface area contributed by atoms with E-state index < -0.39 is 5.41 Å². The van der Waals surface area contributed by atoms with Gasteiger partial charge in [-0.05, 0) is 24.3 Å². The van der Waals surface area contributed by atoms with Crippen LogP contribution in [0.1, 0.15) is 26.3 Å². The van der Waals surface area contributed by atoms with Gasteiger partial charge < -0.3 is 15.8 Å². The second kappa shape index (κ2) is 5.08. The molecule has 0 bridgehead atoms. The molecule has 0 aliphatic rings. The summed E-state index contributed by atoms with van der Waals surface area (Å²) in [6, 6.07) is 6.93. The van der Waals surface area contributed by atoms with Crippen LogP contribution in [0, 0.1) is 5.41 Å². The molecule has 0 fully saturated rings. The first-order valence-corrected chi connectivity index (χ1v) is 5.63. The van der Waals surface area contributed by atoms with E-state index in [0.717, 1.165) is 5.69 Å². The smallest absolute Gasteiger partial charge is 0.232 e. The van der Waals surface area contributed by atoms with Crippen LogP contribution in [0.25, 0.3) is 0 Å². The number of hydrogen-bond acceptors (Lipinski definition) is 3. The highest BCUT2D eigenvalue weighted by Crippen LogP contribution is 2.22. The fourth-order valence-corrected chi connectivity index (χ4v) is 1.53. The van der Waals surface area contributed by atoms with Gasteiger partial charge >= 0.3 is 0 Å². The third-order valence-corrected chi connectivity index (χ3v) is 2.60. The Morgan fingerprint density at radius 3 is 2.17 bits per heavy atom. The lowest BCUT2D eigenvalue weighted by atomic mass is 9.94. The first-order valence-electron chi connectivity index (χ1n) is 5.63. The lowest BCUT2D eigenvalue weighted by Gasteiger charge is -2.26. The van der Waals surface area contributed by atoms with Gasteiger partial charge in [0.1, 0.15) is 0 Å². The van der Waals surface area contributed by atoms with Gasteiger partial charge in [0.15, 0.2) is 5.84 Å². The summed E-state index contributed by atoms with van der Waals surface area (Å²) in [4.78, 5) is 13.7. The van der Waals surface area contributed by atoms with Crippen molar-refractivity contribution < 1.29 is 10.0 Å². The van der Waals surface area contributed by atoms with Gasteiger partial charge in [-0.3, -0.25) is 4.79 Å². The molecular weight excluding hydrogens is 230 g/mol. The van der Waals surface area contributed by atoms with Gasteiger partial charge in [-0.25, -0.2) is 0 Å². The Morgan fingerprint density at radius 2 is 1.78 bits per heavy atom. The minimum atomic E-state index is -0.432. The summed E-state index contributed by atoms with van der Waals surface area (Å²) in [5.41, 5.74) is 6.41. The number of amides is 1. The second-order valence-corrected chi connectivity index (χ2v) is 5.15. The Hall–Kier alpha value is -2.04. The molecule has 98 valence electrons. The first-order chi connectivity index (χ1) is 8.27. The molecule has 1 amide bonds. The number of amidine groups is 1. The predicted molar refractivity (Wildman–Crippen MR) is 71.8 cm³/mol. The summed E-state index contributed by atoms with van der Waals surface area (Å²) in [5.74, 6) is 0.0744. The SMILES string of the molecule is CN(C(=O)C(C)(C)C)c1ccc(C(N)=NO)cc1. The molecule has 0 saturated carbocycles. The molecule has 5 nitrogen and oxygen atoms in total. The maximum Gasteiger partial charge on any atom is 0.232 e. The first kappa shape index (κ1) is 14.0. The number of oxime groups is 1. The van der Waals surface area contributed by atoms with E-state index in [4.69, 9.17) is 10.9 Å². The fraction of sp³-hybridized carbons (Fsp3) is 0.385. The predicted octanol–water partition coefficient (Wildman–Crippen LogP) is 1.79. The van der Waals surface area contributed by atoms with Crippen LogP contribution in [0.15, 0.2) is 29.4 Å². The molecule has 1 rings (SSSR count). The maximum atomic E-state index is 12.1. The van der Waals surface area contributed by atoms with Crippen LogP contribution in [0.2, 0.25) is 0 Å². The van der Waals surface area contributed by atoms with Gasteiger partial charge in [0.05, 0.1) is 0 Å². The van der Waals surface area contributed by atoms with Crippen LogP contribution in [0.3, 0.4) is 0 Å². The third-order valence-electron chi connectivity index (χ3n) is 2.60. The molecule has 18 heavy (non-hydrogen) atoms. The Kier molecular flexibility index (Phi) is 3.96. The number of benzene rings is 1. The standard InChI is InChI=1S/C13H19N3O2/c1-13(2,3)12(17)16(4)10-7-5-9(6-8-10)11(14)15-18/h5-8,18H,1-4H3,(H2,14,15). The Labute approximate surface area is 107 Å². The van der Waals surface area contributed by atoms with Crippen molar-refractivity contribution in [1.29, 1.82) is 0 Å². The van der Waals surface area contributed by atoms with Crippen LogP contribution < -0.4 is 10.6 Å². The summed E-state index contributed by atoms with van der Waals surface area (Å²) in [6.07, 6.45) is 0. The molecule has 1 aromatic carbocycles. The second-order valence-electron chi connectivity index (χ2n) is 5.15. The number of nitrogens with two attached hydrogens (primary N) is 1.